The quantitative estimate of drug-likeness (QED) is 0.842. The van der Waals surface area contributed by atoms with Crippen LogP contribution >= 0.6 is 23.2 Å². The maximum atomic E-state index is 11.8. The SMILES string of the molecule is O=C(NCC(F)(F)F)c1cnc(Cl)c(Cl)c1. The summed E-state index contributed by atoms with van der Waals surface area (Å²) in [5.74, 6) is -0.914. The average molecular weight is 273 g/mol. The standard InChI is InChI=1S/C8H5Cl2F3N2O/c9-5-1-4(2-14-6(5)10)7(16)15-3-8(11,12)13/h1-2H,3H2,(H,15,16). The number of hydrogen-bond acceptors (Lipinski definition) is 2. The van der Waals surface area contributed by atoms with Gasteiger partial charge in [-0.2, -0.15) is 13.2 Å². The molecule has 16 heavy (non-hydrogen) atoms. The van der Waals surface area contributed by atoms with E-state index in [0.717, 1.165) is 12.3 Å². The van der Waals surface area contributed by atoms with Crippen LogP contribution in [-0.4, -0.2) is 23.6 Å². The summed E-state index contributed by atoms with van der Waals surface area (Å²) in [7, 11) is 0. The fourth-order valence-electron chi connectivity index (χ4n) is 0.828. The molecular weight excluding hydrogens is 268 g/mol. The highest BCUT2D eigenvalue weighted by atomic mass is 35.5. The van der Waals surface area contributed by atoms with Gasteiger partial charge in [-0.1, -0.05) is 23.2 Å². The molecule has 0 unspecified atom stereocenters. The molecule has 88 valence electrons. The Kier molecular flexibility index (Phi) is 3.98. The molecule has 0 radical (unpaired) electrons. The topological polar surface area (TPSA) is 42.0 Å². The predicted octanol–water partition coefficient (Wildman–Crippen LogP) is 2.68. The first kappa shape index (κ1) is 13.1. The summed E-state index contributed by atoms with van der Waals surface area (Å²) in [4.78, 5) is 14.7. The van der Waals surface area contributed by atoms with Crippen LogP contribution in [0, 0.1) is 0 Å². The lowest BCUT2D eigenvalue weighted by atomic mass is 10.2. The number of alkyl halides is 3. The highest BCUT2D eigenvalue weighted by Gasteiger charge is 2.28. The number of hydrogen-bond donors (Lipinski definition) is 1. The van der Waals surface area contributed by atoms with Crippen LogP contribution < -0.4 is 5.32 Å². The van der Waals surface area contributed by atoms with Gasteiger partial charge in [-0.05, 0) is 6.07 Å². The van der Waals surface area contributed by atoms with E-state index in [0.29, 0.717) is 0 Å². The normalized spacial score (nSPS) is 11.3. The first-order chi connectivity index (χ1) is 7.29. The summed E-state index contributed by atoms with van der Waals surface area (Å²) < 4.78 is 35.4. The molecule has 0 atom stereocenters. The van der Waals surface area contributed by atoms with Gasteiger partial charge in [-0.25, -0.2) is 4.98 Å². The molecule has 1 rings (SSSR count). The first-order valence-electron chi connectivity index (χ1n) is 3.95. The lowest BCUT2D eigenvalue weighted by Crippen LogP contribution is -2.33. The van der Waals surface area contributed by atoms with Gasteiger partial charge in [-0.3, -0.25) is 4.79 Å². The zero-order valence-corrected chi connectivity index (χ0v) is 9.12. The van der Waals surface area contributed by atoms with Gasteiger partial charge in [-0.15, -0.1) is 0 Å². The maximum Gasteiger partial charge on any atom is 0.405 e. The highest BCUT2D eigenvalue weighted by Crippen LogP contribution is 2.19. The number of carbonyl (C=O) groups is 1. The molecule has 0 bridgehead atoms. The van der Waals surface area contributed by atoms with Gasteiger partial charge < -0.3 is 5.32 Å². The number of rotatable bonds is 2. The number of pyridine rings is 1. The average Bonchev–Trinajstić information content (AvgIpc) is 2.17. The van der Waals surface area contributed by atoms with Crippen molar-refractivity contribution in [2.45, 2.75) is 6.18 Å². The van der Waals surface area contributed by atoms with E-state index in [1.54, 1.807) is 5.32 Å². The predicted molar refractivity (Wildman–Crippen MR) is 52.6 cm³/mol. The van der Waals surface area contributed by atoms with Crippen molar-refractivity contribution < 1.29 is 18.0 Å². The van der Waals surface area contributed by atoms with Gasteiger partial charge >= 0.3 is 6.18 Å². The summed E-state index contributed by atoms with van der Waals surface area (Å²) >= 11 is 11.0. The molecule has 1 aromatic rings. The molecule has 1 heterocycles. The van der Waals surface area contributed by atoms with Crippen LogP contribution in [0.25, 0.3) is 0 Å². The van der Waals surface area contributed by atoms with Crippen molar-refractivity contribution in [1.29, 1.82) is 0 Å². The van der Waals surface area contributed by atoms with Gasteiger partial charge in [0.2, 0.25) is 0 Å². The molecule has 0 spiro atoms. The Hall–Kier alpha value is -1.01. The van der Waals surface area contributed by atoms with Gasteiger partial charge in [0, 0.05) is 6.20 Å². The van der Waals surface area contributed by atoms with Crippen molar-refractivity contribution in [3.8, 4) is 0 Å². The van der Waals surface area contributed by atoms with Gasteiger partial charge in [0.15, 0.2) is 0 Å². The Morgan fingerprint density at radius 3 is 2.56 bits per heavy atom. The molecule has 0 saturated heterocycles. The van der Waals surface area contributed by atoms with Crippen LogP contribution in [0.4, 0.5) is 13.2 Å². The molecule has 0 aromatic carbocycles. The Labute approximate surface area is 98.6 Å². The minimum Gasteiger partial charge on any atom is -0.343 e. The minimum absolute atomic E-state index is 0.00123. The Balaban J connectivity index is 2.70. The summed E-state index contributed by atoms with van der Waals surface area (Å²) in [6.45, 7) is -1.41. The molecule has 8 heteroatoms. The molecule has 0 aliphatic carbocycles. The second-order valence-electron chi connectivity index (χ2n) is 2.79. The number of halogens is 5. The summed E-state index contributed by atoms with van der Waals surface area (Å²) in [6, 6.07) is 1.14. The van der Waals surface area contributed by atoms with Crippen molar-refractivity contribution in [3.63, 3.8) is 0 Å². The third-order valence-corrected chi connectivity index (χ3v) is 2.19. The minimum atomic E-state index is -4.46. The molecule has 3 nitrogen and oxygen atoms in total. The third kappa shape index (κ3) is 3.86. The van der Waals surface area contributed by atoms with E-state index in [4.69, 9.17) is 23.2 Å². The molecule has 0 aliphatic rings. The molecule has 1 N–H and O–H groups in total. The van der Waals surface area contributed by atoms with Crippen molar-refractivity contribution in [3.05, 3.63) is 28.0 Å². The first-order valence-corrected chi connectivity index (χ1v) is 4.71. The Morgan fingerprint density at radius 1 is 1.44 bits per heavy atom. The van der Waals surface area contributed by atoms with E-state index >= 15 is 0 Å². The summed E-state index contributed by atoms with van der Waals surface area (Å²) in [6.07, 6.45) is -3.42. The number of nitrogens with one attached hydrogen (secondary N) is 1. The molecule has 0 aliphatic heterocycles. The van der Waals surface area contributed by atoms with E-state index in [1.807, 2.05) is 0 Å². The fourth-order valence-corrected chi connectivity index (χ4v) is 1.10. The largest absolute Gasteiger partial charge is 0.405 e. The summed E-state index contributed by atoms with van der Waals surface area (Å²) in [5, 5.41) is 1.66. The number of nitrogens with zero attached hydrogens (tertiary/aromatic N) is 1. The van der Waals surface area contributed by atoms with Crippen molar-refractivity contribution in [2.24, 2.45) is 0 Å². The van der Waals surface area contributed by atoms with Crippen molar-refractivity contribution >= 4 is 29.1 Å². The van der Waals surface area contributed by atoms with Crippen LogP contribution in [0.1, 0.15) is 10.4 Å². The van der Waals surface area contributed by atoms with Crippen molar-refractivity contribution in [1.82, 2.24) is 10.3 Å². The second-order valence-corrected chi connectivity index (χ2v) is 3.56. The Morgan fingerprint density at radius 2 is 2.06 bits per heavy atom. The van der Waals surface area contributed by atoms with E-state index < -0.39 is 18.6 Å². The lowest BCUT2D eigenvalue weighted by Gasteiger charge is -2.08. The smallest absolute Gasteiger partial charge is 0.343 e. The maximum absolute atomic E-state index is 11.8. The lowest BCUT2D eigenvalue weighted by molar-refractivity contribution is -0.123. The highest BCUT2D eigenvalue weighted by molar-refractivity contribution is 6.41. The molecule has 0 fully saturated rings. The number of carbonyl (C=O) groups excluding carboxylic acids is 1. The number of aromatic nitrogens is 1. The summed E-state index contributed by atoms with van der Waals surface area (Å²) in [5.41, 5.74) is -0.0846. The van der Waals surface area contributed by atoms with Crippen LogP contribution in [0.2, 0.25) is 10.2 Å². The van der Waals surface area contributed by atoms with Gasteiger partial charge in [0.1, 0.15) is 11.7 Å². The van der Waals surface area contributed by atoms with Gasteiger partial charge in [0.05, 0.1) is 10.6 Å². The zero-order valence-electron chi connectivity index (χ0n) is 7.61. The molecular formula is C8H5Cl2F3N2O. The van der Waals surface area contributed by atoms with Crippen LogP contribution in [0.3, 0.4) is 0 Å². The fraction of sp³-hybridized carbons (Fsp3) is 0.250. The number of amides is 1. The molecule has 1 aromatic heterocycles. The van der Waals surface area contributed by atoms with Crippen LogP contribution in [0.5, 0.6) is 0 Å². The Bertz CT molecular complexity index is 409. The second kappa shape index (κ2) is 4.88. The monoisotopic (exact) mass is 272 g/mol. The van der Waals surface area contributed by atoms with E-state index in [-0.39, 0.29) is 15.7 Å². The van der Waals surface area contributed by atoms with E-state index in [2.05, 4.69) is 4.98 Å². The zero-order chi connectivity index (χ0) is 12.3. The van der Waals surface area contributed by atoms with Crippen LogP contribution in [-0.2, 0) is 0 Å². The molecule has 1 amide bonds. The third-order valence-electron chi connectivity index (χ3n) is 1.51. The van der Waals surface area contributed by atoms with Crippen molar-refractivity contribution in [2.75, 3.05) is 6.54 Å². The van der Waals surface area contributed by atoms with E-state index in [1.165, 1.54) is 0 Å². The molecule has 0 saturated carbocycles. The van der Waals surface area contributed by atoms with Gasteiger partial charge in [0.25, 0.3) is 5.91 Å². The van der Waals surface area contributed by atoms with E-state index in [9.17, 15) is 18.0 Å². The van der Waals surface area contributed by atoms with Crippen LogP contribution in [0.15, 0.2) is 12.3 Å².